The van der Waals surface area contributed by atoms with Crippen LogP contribution >= 0.6 is 0 Å². The molecule has 4 nitrogen and oxygen atoms in total. The number of hydrogen-bond acceptors (Lipinski definition) is 4. The molecular formula is C8H9BNaO4. The summed E-state index contributed by atoms with van der Waals surface area (Å²) < 4.78 is 4.47. The minimum atomic E-state index is -1.66. The molecule has 1 aromatic rings. The summed E-state index contributed by atoms with van der Waals surface area (Å²) in [7, 11) is -0.418. The predicted molar refractivity (Wildman–Crippen MR) is 53.4 cm³/mol. The van der Waals surface area contributed by atoms with Gasteiger partial charge in [0.2, 0.25) is 0 Å². The van der Waals surface area contributed by atoms with Crippen molar-refractivity contribution >= 4 is 48.1 Å². The second-order valence-corrected chi connectivity index (χ2v) is 2.45. The predicted octanol–water partition coefficient (Wildman–Crippen LogP) is -1.23. The van der Waals surface area contributed by atoms with Crippen molar-refractivity contribution in [3.05, 3.63) is 29.8 Å². The van der Waals surface area contributed by atoms with E-state index >= 15 is 0 Å². The van der Waals surface area contributed by atoms with E-state index in [1.54, 1.807) is 12.1 Å². The van der Waals surface area contributed by atoms with Crippen LogP contribution in [0.15, 0.2) is 24.3 Å². The summed E-state index contributed by atoms with van der Waals surface area (Å²) in [6.07, 6.45) is 0. The molecule has 2 N–H and O–H groups in total. The van der Waals surface area contributed by atoms with Crippen molar-refractivity contribution in [1.29, 1.82) is 0 Å². The van der Waals surface area contributed by atoms with E-state index in [4.69, 9.17) is 10.0 Å². The first-order chi connectivity index (χ1) is 6.16. The Morgan fingerprint density at radius 3 is 2.43 bits per heavy atom. The maximum atomic E-state index is 11.1. The summed E-state index contributed by atoms with van der Waals surface area (Å²) in [6.45, 7) is 0. The zero-order valence-corrected chi connectivity index (χ0v) is 10.1. The SMILES string of the molecule is COC(=O)c1ccccc1B(O)O.[Na]. The largest absolute Gasteiger partial charge is 0.489 e. The van der Waals surface area contributed by atoms with Gasteiger partial charge in [-0.15, -0.1) is 0 Å². The summed E-state index contributed by atoms with van der Waals surface area (Å²) in [5.74, 6) is -0.580. The number of benzene rings is 1. The molecule has 1 aromatic carbocycles. The molecule has 0 amide bonds. The molecule has 0 fully saturated rings. The number of esters is 1. The molecule has 1 radical (unpaired) electrons. The number of ether oxygens (including phenoxy) is 1. The van der Waals surface area contributed by atoms with Crippen LogP contribution in [0.2, 0.25) is 0 Å². The number of hydrogen-bond donors (Lipinski definition) is 2. The van der Waals surface area contributed by atoms with Crippen LogP contribution in [0, 0.1) is 0 Å². The molecule has 0 atom stereocenters. The van der Waals surface area contributed by atoms with Gasteiger partial charge in [0, 0.05) is 29.6 Å². The fourth-order valence-electron chi connectivity index (χ4n) is 1.02. The zero-order chi connectivity index (χ0) is 9.84. The van der Waals surface area contributed by atoms with E-state index in [1.807, 2.05) is 0 Å². The minimum absolute atomic E-state index is 0. The van der Waals surface area contributed by atoms with E-state index in [9.17, 15) is 4.79 Å². The van der Waals surface area contributed by atoms with Crippen LogP contribution in [-0.2, 0) is 4.74 Å². The molecule has 0 aliphatic heterocycles. The molecular weight excluding hydrogens is 194 g/mol. The van der Waals surface area contributed by atoms with Crippen LogP contribution in [-0.4, -0.2) is 59.8 Å². The minimum Gasteiger partial charge on any atom is -0.465 e. The van der Waals surface area contributed by atoms with Gasteiger partial charge in [-0.1, -0.05) is 18.2 Å². The van der Waals surface area contributed by atoms with E-state index in [0.29, 0.717) is 0 Å². The molecule has 1 rings (SSSR count). The Balaban J connectivity index is 0.00000169. The first-order valence-electron chi connectivity index (χ1n) is 3.70. The van der Waals surface area contributed by atoms with Gasteiger partial charge in [0.05, 0.1) is 12.7 Å². The third-order valence-corrected chi connectivity index (χ3v) is 1.64. The Bertz CT molecular complexity index is 316. The first-order valence-corrected chi connectivity index (χ1v) is 3.70. The fourth-order valence-corrected chi connectivity index (χ4v) is 1.02. The van der Waals surface area contributed by atoms with Crippen molar-refractivity contribution < 1.29 is 19.6 Å². The van der Waals surface area contributed by atoms with Crippen LogP contribution in [0.25, 0.3) is 0 Å². The number of carbonyl (C=O) groups excluding carboxylic acids is 1. The van der Waals surface area contributed by atoms with Gasteiger partial charge >= 0.3 is 13.1 Å². The first kappa shape index (κ1) is 13.7. The van der Waals surface area contributed by atoms with Crippen molar-refractivity contribution in [3.8, 4) is 0 Å². The monoisotopic (exact) mass is 203 g/mol. The summed E-state index contributed by atoms with van der Waals surface area (Å²) in [4.78, 5) is 11.1. The normalized spacial score (nSPS) is 8.79. The van der Waals surface area contributed by atoms with Crippen LogP contribution in [0.3, 0.4) is 0 Å². The van der Waals surface area contributed by atoms with Crippen molar-refractivity contribution in [2.24, 2.45) is 0 Å². The molecule has 0 saturated heterocycles. The molecule has 0 spiro atoms. The molecule has 0 aromatic heterocycles. The third kappa shape index (κ3) is 3.11. The second-order valence-electron chi connectivity index (χ2n) is 2.45. The average Bonchev–Trinajstić information content (AvgIpc) is 2.16. The Morgan fingerprint density at radius 2 is 1.93 bits per heavy atom. The summed E-state index contributed by atoms with van der Waals surface area (Å²) >= 11 is 0. The van der Waals surface area contributed by atoms with Crippen LogP contribution in [0.4, 0.5) is 0 Å². The molecule has 0 saturated carbocycles. The number of rotatable bonds is 2. The van der Waals surface area contributed by atoms with Crippen molar-refractivity contribution in [1.82, 2.24) is 0 Å². The van der Waals surface area contributed by atoms with Crippen LogP contribution in [0.5, 0.6) is 0 Å². The van der Waals surface area contributed by atoms with Gasteiger partial charge in [0.15, 0.2) is 0 Å². The molecule has 0 aliphatic carbocycles. The van der Waals surface area contributed by atoms with E-state index < -0.39 is 13.1 Å². The maximum absolute atomic E-state index is 11.1. The van der Waals surface area contributed by atoms with Gasteiger partial charge in [-0.2, -0.15) is 0 Å². The van der Waals surface area contributed by atoms with Gasteiger partial charge in [-0.25, -0.2) is 4.79 Å². The summed E-state index contributed by atoms with van der Waals surface area (Å²) in [5, 5.41) is 17.8. The van der Waals surface area contributed by atoms with Gasteiger partial charge in [0.25, 0.3) is 0 Å². The van der Waals surface area contributed by atoms with Crippen molar-refractivity contribution in [3.63, 3.8) is 0 Å². The molecule has 0 bridgehead atoms. The molecule has 0 heterocycles. The van der Waals surface area contributed by atoms with Crippen LogP contribution < -0.4 is 5.46 Å². The Hall–Kier alpha value is -0.325. The molecule has 0 aliphatic rings. The fraction of sp³-hybridized carbons (Fsp3) is 0.125. The second kappa shape index (κ2) is 6.21. The van der Waals surface area contributed by atoms with Gasteiger partial charge < -0.3 is 14.8 Å². The molecule has 14 heavy (non-hydrogen) atoms. The van der Waals surface area contributed by atoms with Crippen molar-refractivity contribution in [2.75, 3.05) is 7.11 Å². The molecule has 0 unspecified atom stereocenters. The zero-order valence-electron chi connectivity index (χ0n) is 8.10. The standard InChI is InChI=1S/C8H9BO4.Na/c1-13-8(10)6-4-2-3-5-7(6)9(11)12;/h2-5,11-12H,1H3;. The van der Waals surface area contributed by atoms with Gasteiger partial charge in [-0.3, -0.25) is 0 Å². The Labute approximate surface area is 104 Å². The molecule has 6 heteroatoms. The Kier molecular flexibility index (Phi) is 6.07. The summed E-state index contributed by atoms with van der Waals surface area (Å²) in [5.41, 5.74) is 0.314. The van der Waals surface area contributed by atoms with E-state index in [0.717, 1.165) is 0 Å². The van der Waals surface area contributed by atoms with E-state index in [2.05, 4.69) is 4.74 Å². The number of methoxy groups -OCH3 is 1. The quantitative estimate of drug-likeness (QED) is 0.466. The van der Waals surface area contributed by atoms with Crippen molar-refractivity contribution in [2.45, 2.75) is 0 Å². The Morgan fingerprint density at radius 1 is 1.36 bits per heavy atom. The van der Waals surface area contributed by atoms with E-state index in [1.165, 1.54) is 19.2 Å². The molecule has 69 valence electrons. The maximum Gasteiger partial charge on any atom is 0.489 e. The van der Waals surface area contributed by atoms with Gasteiger partial charge in [0.1, 0.15) is 0 Å². The smallest absolute Gasteiger partial charge is 0.465 e. The average molecular weight is 203 g/mol. The topological polar surface area (TPSA) is 66.8 Å². The summed E-state index contributed by atoms with van der Waals surface area (Å²) in [6, 6.07) is 6.16. The number of carbonyl (C=O) groups is 1. The third-order valence-electron chi connectivity index (χ3n) is 1.64. The van der Waals surface area contributed by atoms with E-state index in [-0.39, 0.29) is 40.6 Å². The van der Waals surface area contributed by atoms with Crippen LogP contribution in [0.1, 0.15) is 10.4 Å². The van der Waals surface area contributed by atoms with Gasteiger partial charge in [-0.05, 0) is 11.5 Å².